The number of halogens is 2. The van der Waals surface area contributed by atoms with Crippen LogP contribution >= 0.6 is 11.3 Å². The van der Waals surface area contributed by atoms with Crippen LogP contribution in [0.25, 0.3) is 21.2 Å². The number of carbonyl (C=O) groups excluding carboxylic acids is 2. The lowest BCUT2D eigenvalue weighted by molar-refractivity contribution is 0.0603. The van der Waals surface area contributed by atoms with Gasteiger partial charge in [-0.05, 0) is 92.7 Å². The maximum absolute atomic E-state index is 14.8. The van der Waals surface area contributed by atoms with Gasteiger partial charge in [0.2, 0.25) is 0 Å². The first kappa shape index (κ1) is 30.6. The summed E-state index contributed by atoms with van der Waals surface area (Å²) < 4.78 is 35.4. The molecule has 10 heteroatoms. The summed E-state index contributed by atoms with van der Waals surface area (Å²) in [6.45, 7) is 1.93. The predicted molar refractivity (Wildman–Crippen MR) is 166 cm³/mol. The molecule has 0 unspecified atom stereocenters. The van der Waals surface area contributed by atoms with Crippen LogP contribution in [0.1, 0.15) is 57.0 Å². The third-order valence-electron chi connectivity index (χ3n) is 8.32. The van der Waals surface area contributed by atoms with Gasteiger partial charge in [-0.25, -0.2) is 8.78 Å². The number of aryl methyl sites for hydroxylation is 1. The molecule has 0 bridgehead atoms. The number of nitrogens with one attached hydrogen (secondary N) is 1. The van der Waals surface area contributed by atoms with E-state index < -0.39 is 11.6 Å². The zero-order valence-electron chi connectivity index (χ0n) is 25.0. The molecule has 7 nitrogen and oxygen atoms in total. The minimum Gasteiger partial charge on any atom is -0.496 e. The summed E-state index contributed by atoms with van der Waals surface area (Å²) in [5, 5.41) is 3.50. The first-order valence-corrected chi connectivity index (χ1v) is 15.1. The van der Waals surface area contributed by atoms with Gasteiger partial charge in [0.1, 0.15) is 23.1 Å². The summed E-state index contributed by atoms with van der Waals surface area (Å²) >= 11 is 1.00. The highest BCUT2D eigenvalue weighted by atomic mass is 32.1. The Morgan fingerprint density at radius 2 is 1.70 bits per heavy atom. The normalized spacial score (nSPS) is 16.7. The summed E-state index contributed by atoms with van der Waals surface area (Å²) in [6, 6.07) is 11.8. The highest BCUT2D eigenvalue weighted by Crippen LogP contribution is 2.38. The molecule has 1 fully saturated rings. The second-order valence-electron chi connectivity index (χ2n) is 11.2. The number of fused-ring (bicyclic) bond motifs is 1. The number of methoxy groups -OCH3 is 1. The third kappa shape index (κ3) is 6.12. The Labute approximate surface area is 254 Å². The molecule has 0 spiro atoms. The van der Waals surface area contributed by atoms with Gasteiger partial charge in [0.05, 0.1) is 16.7 Å². The minimum absolute atomic E-state index is 0.0602. The molecule has 0 aliphatic heterocycles. The van der Waals surface area contributed by atoms with Gasteiger partial charge in [-0.2, -0.15) is 0 Å². The molecule has 1 saturated carbocycles. The highest BCUT2D eigenvalue weighted by molar-refractivity contribution is 7.21. The van der Waals surface area contributed by atoms with E-state index in [1.54, 1.807) is 40.4 Å². The molecule has 1 aliphatic carbocycles. The van der Waals surface area contributed by atoms with Crippen LogP contribution in [0.15, 0.2) is 48.7 Å². The van der Waals surface area contributed by atoms with Crippen molar-refractivity contribution in [3.05, 3.63) is 82.0 Å². The van der Waals surface area contributed by atoms with E-state index in [-0.39, 0.29) is 34.5 Å². The predicted octanol–water partition coefficient (Wildman–Crippen LogP) is 6.43. The highest BCUT2D eigenvalue weighted by Gasteiger charge is 2.32. The molecule has 0 radical (unpaired) electrons. The molecule has 2 amide bonds. The van der Waals surface area contributed by atoms with Gasteiger partial charge in [-0.15, -0.1) is 11.3 Å². The van der Waals surface area contributed by atoms with E-state index in [0.29, 0.717) is 27.9 Å². The number of benzene rings is 2. The maximum atomic E-state index is 14.8. The number of pyridine rings is 1. The Hall–Kier alpha value is -3.89. The summed E-state index contributed by atoms with van der Waals surface area (Å²) in [7, 11) is 6.90. The maximum Gasteiger partial charge on any atom is 0.271 e. The standard InChI is InChI=1S/C33H36F2N4O3S/c1-19-29-25(34)11-12-26(35)31(29)43-30(19)33(41)39(24-9-7-23(36-2)8-10-24)18-22-16-20(6-13-28(22)42-5)21-14-15-37-27(17-21)32(40)38(3)4/h6,11-17,23-24,36H,7-10,18H2,1-5H3. The van der Waals surface area contributed by atoms with Crippen molar-refractivity contribution in [1.82, 2.24) is 20.1 Å². The van der Waals surface area contributed by atoms with Crippen LogP contribution < -0.4 is 10.1 Å². The smallest absolute Gasteiger partial charge is 0.271 e. The van der Waals surface area contributed by atoms with Gasteiger partial charge in [-0.3, -0.25) is 14.6 Å². The number of thiophene rings is 1. The van der Waals surface area contributed by atoms with E-state index in [9.17, 15) is 18.4 Å². The number of ether oxygens (including phenoxy) is 1. The molecular formula is C33H36F2N4O3S. The molecule has 4 aromatic rings. The number of carbonyl (C=O) groups is 2. The zero-order chi connectivity index (χ0) is 30.8. The molecule has 2 aromatic carbocycles. The van der Waals surface area contributed by atoms with Crippen molar-refractivity contribution in [1.29, 1.82) is 0 Å². The molecule has 1 aliphatic rings. The Kier molecular flexibility index (Phi) is 9.08. The summed E-state index contributed by atoms with van der Waals surface area (Å²) in [6.07, 6.45) is 5.03. The van der Waals surface area contributed by atoms with Crippen molar-refractivity contribution in [2.24, 2.45) is 0 Å². The van der Waals surface area contributed by atoms with Crippen LogP contribution in [-0.4, -0.2) is 66.9 Å². The molecule has 0 atom stereocenters. The summed E-state index contributed by atoms with van der Waals surface area (Å²) in [5.41, 5.74) is 3.23. The lowest BCUT2D eigenvalue weighted by Gasteiger charge is -2.37. The Morgan fingerprint density at radius 3 is 2.35 bits per heavy atom. The molecule has 226 valence electrons. The van der Waals surface area contributed by atoms with E-state index in [1.165, 1.54) is 4.90 Å². The largest absolute Gasteiger partial charge is 0.496 e. The van der Waals surface area contributed by atoms with Crippen molar-refractivity contribution in [2.75, 3.05) is 28.3 Å². The van der Waals surface area contributed by atoms with Crippen LogP contribution in [0, 0.1) is 18.6 Å². The van der Waals surface area contributed by atoms with Crippen molar-refractivity contribution in [2.45, 2.75) is 51.2 Å². The Balaban J connectivity index is 1.55. The van der Waals surface area contributed by atoms with Gasteiger partial charge in [-0.1, -0.05) is 6.07 Å². The van der Waals surface area contributed by atoms with E-state index in [1.807, 2.05) is 36.2 Å². The van der Waals surface area contributed by atoms with Gasteiger partial charge in [0, 0.05) is 49.9 Å². The lowest BCUT2D eigenvalue weighted by atomic mass is 9.89. The summed E-state index contributed by atoms with van der Waals surface area (Å²) in [4.78, 5) is 34.8. The quantitative estimate of drug-likeness (QED) is 0.250. The second-order valence-corrected chi connectivity index (χ2v) is 12.2. The van der Waals surface area contributed by atoms with Crippen molar-refractivity contribution in [3.8, 4) is 16.9 Å². The molecule has 43 heavy (non-hydrogen) atoms. The van der Waals surface area contributed by atoms with Gasteiger partial charge < -0.3 is 19.9 Å². The van der Waals surface area contributed by atoms with Crippen LogP contribution in [0.2, 0.25) is 0 Å². The number of amides is 2. The van der Waals surface area contributed by atoms with Gasteiger partial charge in [0.25, 0.3) is 11.8 Å². The number of hydrogen-bond acceptors (Lipinski definition) is 6. The second kappa shape index (κ2) is 12.8. The van der Waals surface area contributed by atoms with E-state index in [0.717, 1.165) is 65.8 Å². The summed E-state index contributed by atoms with van der Waals surface area (Å²) in [5.74, 6) is -0.904. The number of aromatic nitrogens is 1. The SMILES string of the molecule is CNC1CCC(N(Cc2cc(-c3ccnc(C(=O)N(C)C)c3)ccc2OC)C(=O)c2sc3c(F)ccc(F)c3c2C)CC1. The average Bonchev–Trinajstić information content (AvgIpc) is 3.39. The Morgan fingerprint density at radius 1 is 1.00 bits per heavy atom. The average molecular weight is 607 g/mol. The topological polar surface area (TPSA) is 74.8 Å². The molecule has 1 N–H and O–H groups in total. The first-order chi connectivity index (χ1) is 20.6. The first-order valence-electron chi connectivity index (χ1n) is 14.3. The van der Waals surface area contributed by atoms with E-state index >= 15 is 0 Å². The van der Waals surface area contributed by atoms with E-state index in [2.05, 4.69) is 10.3 Å². The lowest BCUT2D eigenvalue weighted by Crippen LogP contribution is -2.44. The van der Waals surface area contributed by atoms with Crippen molar-refractivity contribution >= 4 is 33.2 Å². The van der Waals surface area contributed by atoms with Crippen molar-refractivity contribution < 1.29 is 23.1 Å². The van der Waals surface area contributed by atoms with Gasteiger partial charge >= 0.3 is 0 Å². The van der Waals surface area contributed by atoms with Crippen LogP contribution in [0.5, 0.6) is 5.75 Å². The number of hydrogen-bond donors (Lipinski definition) is 1. The fourth-order valence-corrected chi connectivity index (χ4v) is 7.06. The third-order valence-corrected chi connectivity index (χ3v) is 9.61. The van der Waals surface area contributed by atoms with Crippen molar-refractivity contribution in [3.63, 3.8) is 0 Å². The monoisotopic (exact) mass is 606 g/mol. The molecular weight excluding hydrogens is 570 g/mol. The molecule has 0 saturated heterocycles. The number of nitrogens with zero attached hydrogens (tertiary/aromatic N) is 3. The van der Waals surface area contributed by atoms with Crippen LogP contribution in [0.4, 0.5) is 8.78 Å². The molecule has 5 rings (SSSR count). The Bertz CT molecular complexity index is 1660. The molecule has 2 heterocycles. The fourth-order valence-electron chi connectivity index (χ4n) is 5.87. The van der Waals surface area contributed by atoms with Crippen LogP contribution in [-0.2, 0) is 6.54 Å². The zero-order valence-corrected chi connectivity index (χ0v) is 25.9. The van der Waals surface area contributed by atoms with Crippen LogP contribution in [0.3, 0.4) is 0 Å². The molecule has 2 aromatic heterocycles. The van der Waals surface area contributed by atoms with Gasteiger partial charge in [0.15, 0.2) is 0 Å². The fraction of sp³-hybridized carbons (Fsp3) is 0.364. The number of rotatable bonds is 8. The van der Waals surface area contributed by atoms with E-state index in [4.69, 9.17) is 4.74 Å². The minimum atomic E-state index is -0.538.